The quantitative estimate of drug-likeness (QED) is 0.685. The summed E-state index contributed by atoms with van der Waals surface area (Å²) in [6.45, 7) is 5.12. The number of hydrogen-bond donors (Lipinski definition) is 1. The van der Waals surface area contributed by atoms with Crippen molar-refractivity contribution in [2.45, 2.75) is 38.1 Å². The van der Waals surface area contributed by atoms with E-state index in [1.807, 2.05) is 12.3 Å². The van der Waals surface area contributed by atoms with E-state index in [2.05, 4.69) is 71.7 Å². The number of fused-ring (bicyclic) bond motifs is 8. The van der Waals surface area contributed by atoms with Crippen molar-refractivity contribution in [3.63, 3.8) is 0 Å². The summed E-state index contributed by atoms with van der Waals surface area (Å²) in [4.78, 5) is 11.7. The summed E-state index contributed by atoms with van der Waals surface area (Å²) in [5.74, 6) is 3.29. The van der Waals surface area contributed by atoms with Crippen LogP contribution in [0.3, 0.4) is 0 Å². The van der Waals surface area contributed by atoms with Crippen LogP contribution in [0.2, 0.25) is 0 Å². The predicted molar refractivity (Wildman–Crippen MR) is 119 cm³/mol. The monoisotopic (exact) mass is 402 g/mol. The van der Waals surface area contributed by atoms with Crippen LogP contribution in [0.1, 0.15) is 37.4 Å². The molecular formula is C25H30N4O. The fourth-order valence-corrected chi connectivity index (χ4v) is 4.74. The van der Waals surface area contributed by atoms with Crippen molar-refractivity contribution in [2.24, 2.45) is 11.8 Å². The zero-order chi connectivity index (χ0) is 20.6. The lowest BCUT2D eigenvalue weighted by Crippen LogP contribution is -2.24. The third-order valence-electron chi connectivity index (χ3n) is 6.56. The van der Waals surface area contributed by atoms with Gasteiger partial charge in [-0.1, -0.05) is 31.2 Å². The minimum Gasteiger partial charge on any atom is -0.498 e. The Morgan fingerprint density at radius 3 is 3.10 bits per heavy atom. The van der Waals surface area contributed by atoms with Gasteiger partial charge in [0.25, 0.3) is 0 Å². The summed E-state index contributed by atoms with van der Waals surface area (Å²) in [6.07, 6.45) is 11.6. The largest absolute Gasteiger partial charge is 0.498 e. The van der Waals surface area contributed by atoms with E-state index in [4.69, 9.17) is 9.72 Å². The summed E-state index contributed by atoms with van der Waals surface area (Å²) in [6, 6.07) is 10.6. The molecule has 5 heteroatoms. The molecule has 5 rings (SSSR count). The van der Waals surface area contributed by atoms with E-state index in [0.717, 1.165) is 61.5 Å². The summed E-state index contributed by atoms with van der Waals surface area (Å²) in [5.41, 5.74) is 3.14. The van der Waals surface area contributed by atoms with Crippen LogP contribution in [0.15, 0.2) is 60.5 Å². The van der Waals surface area contributed by atoms with E-state index in [0.29, 0.717) is 5.95 Å². The van der Waals surface area contributed by atoms with Gasteiger partial charge in [-0.05, 0) is 61.6 Å². The van der Waals surface area contributed by atoms with Gasteiger partial charge in [-0.25, -0.2) is 9.97 Å². The van der Waals surface area contributed by atoms with E-state index in [9.17, 15) is 0 Å². The Bertz CT molecular complexity index is 985. The molecule has 1 saturated carbocycles. The molecule has 0 spiro atoms. The molecule has 6 bridgehead atoms. The van der Waals surface area contributed by atoms with Crippen LogP contribution in [0.5, 0.6) is 0 Å². The lowest BCUT2D eigenvalue weighted by atomic mass is 9.79. The highest BCUT2D eigenvalue weighted by molar-refractivity contribution is 5.54. The maximum Gasteiger partial charge on any atom is 0.227 e. The van der Waals surface area contributed by atoms with Crippen molar-refractivity contribution < 1.29 is 4.74 Å². The average Bonchev–Trinajstić information content (AvgIpc) is 3.45. The molecule has 2 heterocycles. The maximum atomic E-state index is 6.19. The Hall–Kier alpha value is -2.66. The molecule has 0 amide bonds. The standard InChI is InChI=1S/C25H30N4O/c1-25-10-4-7-22(15-25)30-12-9-19-14-20(19)17-29(2)16-18-5-3-6-21(13-18)27-24-26-11-8-23(25)28-24/h3-8,10-11,13,19-20H,9,12,14-17H2,1-2H3,(H,26,27,28). The third-order valence-corrected chi connectivity index (χ3v) is 6.56. The highest BCUT2D eigenvalue weighted by Crippen LogP contribution is 2.42. The molecule has 1 N–H and O–H groups in total. The lowest BCUT2D eigenvalue weighted by molar-refractivity contribution is 0.180. The van der Waals surface area contributed by atoms with Crippen LogP contribution in [0.4, 0.5) is 11.6 Å². The molecule has 1 fully saturated rings. The van der Waals surface area contributed by atoms with Crippen molar-refractivity contribution in [3.05, 3.63) is 71.8 Å². The fourth-order valence-electron chi connectivity index (χ4n) is 4.74. The second-order valence-electron chi connectivity index (χ2n) is 9.27. The third kappa shape index (κ3) is 4.26. The number of nitrogens with one attached hydrogen (secondary N) is 1. The van der Waals surface area contributed by atoms with Gasteiger partial charge in [-0.2, -0.15) is 0 Å². The molecule has 1 aromatic carbocycles. The molecule has 3 aliphatic rings. The highest BCUT2D eigenvalue weighted by Gasteiger charge is 2.37. The van der Waals surface area contributed by atoms with Gasteiger partial charge < -0.3 is 15.0 Å². The second-order valence-corrected chi connectivity index (χ2v) is 9.27. The van der Waals surface area contributed by atoms with Gasteiger partial charge in [-0.3, -0.25) is 0 Å². The molecule has 1 aromatic heterocycles. The first-order valence-corrected chi connectivity index (χ1v) is 11.0. The molecule has 156 valence electrons. The minimum absolute atomic E-state index is 0.193. The van der Waals surface area contributed by atoms with E-state index in [1.54, 1.807) is 0 Å². The number of anilines is 2. The van der Waals surface area contributed by atoms with Crippen LogP contribution < -0.4 is 5.32 Å². The van der Waals surface area contributed by atoms with Crippen LogP contribution in [0, 0.1) is 11.8 Å². The van der Waals surface area contributed by atoms with E-state index in [1.165, 1.54) is 12.0 Å². The molecular weight excluding hydrogens is 372 g/mol. The van der Waals surface area contributed by atoms with Crippen LogP contribution in [-0.2, 0) is 16.7 Å². The van der Waals surface area contributed by atoms with Crippen molar-refractivity contribution in [1.29, 1.82) is 0 Å². The minimum atomic E-state index is -0.193. The average molecular weight is 403 g/mol. The van der Waals surface area contributed by atoms with Crippen LogP contribution in [-0.4, -0.2) is 35.1 Å². The summed E-state index contributed by atoms with van der Waals surface area (Å²) >= 11 is 0. The van der Waals surface area contributed by atoms with E-state index < -0.39 is 0 Å². The van der Waals surface area contributed by atoms with Gasteiger partial charge in [0.05, 0.1) is 18.1 Å². The van der Waals surface area contributed by atoms with Gasteiger partial charge in [0.1, 0.15) is 0 Å². The number of allylic oxidation sites excluding steroid dienone is 4. The molecule has 30 heavy (non-hydrogen) atoms. The van der Waals surface area contributed by atoms with Gasteiger partial charge in [-0.15, -0.1) is 0 Å². The molecule has 5 nitrogen and oxygen atoms in total. The highest BCUT2D eigenvalue weighted by atomic mass is 16.5. The van der Waals surface area contributed by atoms with Gasteiger partial charge in [0.15, 0.2) is 0 Å². The summed E-state index contributed by atoms with van der Waals surface area (Å²) in [5, 5.41) is 3.40. The molecule has 3 atom stereocenters. The van der Waals surface area contributed by atoms with Crippen LogP contribution in [0.25, 0.3) is 0 Å². The van der Waals surface area contributed by atoms with Crippen molar-refractivity contribution >= 4 is 11.6 Å². The van der Waals surface area contributed by atoms with E-state index >= 15 is 0 Å². The summed E-state index contributed by atoms with van der Waals surface area (Å²) < 4.78 is 6.19. The Kier molecular flexibility index (Phi) is 5.07. The molecule has 0 radical (unpaired) electrons. The molecule has 2 aliphatic carbocycles. The van der Waals surface area contributed by atoms with E-state index in [-0.39, 0.29) is 5.41 Å². The number of ether oxygens (including phenoxy) is 1. The first-order chi connectivity index (χ1) is 14.6. The number of rotatable bonds is 0. The Morgan fingerprint density at radius 1 is 1.23 bits per heavy atom. The lowest BCUT2D eigenvalue weighted by Gasteiger charge is -2.29. The molecule has 3 unspecified atom stereocenters. The zero-order valence-corrected chi connectivity index (χ0v) is 17.8. The number of hydrogen-bond acceptors (Lipinski definition) is 5. The Labute approximate surface area is 178 Å². The van der Waals surface area contributed by atoms with Crippen LogP contribution >= 0.6 is 0 Å². The Morgan fingerprint density at radius 2 is 2.17 bits per heavy atom. The van der Waals surface area contributed by atoms with Gasteiger partial charge >= 0.3 is 0 Å². The fraction of sp³-hybridized carbons (Fsp3) is 0.440. The van der Waals surface area contributed by atoms with Gasteiger partial charge in [0.2, 0.25) is 5.95 Å². The SMILES string of the molecule is CN1Cc2cccc(c2)Nc2nccc(n2)C2(C)C=CC=C(C2)OCCC2CC2C1. The summed E-state index contributed by atoms with van der Waals surface area (Å²) in [7, 11) is 2.22. The van der Waals surface area contributed by atoms with Crippen molar-refractivity contribution in [2.75, 3.05) is 25.5 Å². The van der Waals surface area contributed by atoms with Crippen molar-refractivity contribution in [1.82, 2.24) is 14.9 Å². The first kappa shape index (κ1) is 19.3. The molecule has 0 saturated heterocycles. The smallest absolute Gasteiger partial charge is 0.227 e. The zero-order valence-electron chi connectivity index (χ0n) is 17.8. The maximum absolute atomic E-state index is 6.19. The molecule has 2 aromatic rings. The second kappa shape index (κ2) is 7.88. The first-order valence-electron chi connectivity index (χ1n) is 11.0. The topological polar surface area (TPSA) is 50.3 Å². The molecule has 1 aliphatic heterocycles. The number of nitrogens with zero attached hydrogens (tertiary/aromatic N) is 3. The normalized spacial score (nSPS) is 28.8. The number of aromatic nitrogens is 2. The van der Waals surface area contributed by atoms with Crippen molar-refractivity contribution in [3.8, 4) is 0 Å². The Balaban J connectivity index is 1.44. The predicted octanol–water partition coefficient (Wildman–Crippen LogP) is 4.81. The van der Waals surface area contributed by atoms with Gasteiger partial charge in [0, 0.05) is 36.8 Å². The number of benzene rings is 1.